The summed E-state index contributed by atoms with van der Waals surface area (Å²) in [5.41, 5.74) is 0. The molecule has 1 aliphatic carbocycles. The number of rotatable bonds is 6. The third-order valence-electron chi connectivity index (χ3n) is 2.82. The maximum absolute atomic E-state index is 14.0. The zero-order valence-electron chi connectivity index (χ0n) is 11.5. The molecule has 0 unspecified atom stereocenters. The van der Waals surface area contributed by atoms with Gasteiger partial charge in [-0.15, -0.1) is 0 Å². The molecule has 0 bridgehead atoms. The van der Waals surface area contributed by atoms with Crippen LogP contribution < -0.4 is 0 Å². The van der Waals surface area contributed by atoms with Gasteiger partial charge in [-0.25, -0.2) is 22.5 Å². The summed E-state index contributed by atoms with van der Waals surface area (Å²) in [6, 6.07) is 0. The molecule has 8 N–H and O–H groups in total. The average molecular weight is 440 g/mol. The fraction of sp³-hybridized carbons (Fsp3) is 1.00. The van der Waals surface area contributed by atoms with Gasteiger partial charge < -0.3 is 39.6 Å². The summed E-state index contributed by atoms with van der Waals surface area (Å²) in [5.74, 6) is -4.78. The van der Waals surface area contributed by atoms with Crippen LogP contribution in [0, 0.1) is 0 Å². The van der Waals surface area contributed by atoms with E-state index in [1.807, 2.05) is 0 Å². The largest absolute Gasteiger partial charge is 0.470 e. The first-order valence-corrected chi connectivity index (χ1v) is 10.4. The lowest BCUT2D eigenvalue weighted by atomic mass is 9.84. The molecule has 1 aliphatic rings. The first-order chi connectivity index (χ1) is 10.9. The highest BCUT2D eigenvalue weighted by Gasteiger charge is 2.66. The molecule has 150 valence electrons. The van der Waals surface area contributed by atoms with E-state index >= 15 is 0 Å². The maximum atomic E-state index is 14.0. The Kier molecular flexibility index (Phi) is 6.72. The molecule has 0 aromatic carbocycles. The van der Waals surface area contributed by atoms with Crippen molar-refractivity contribution in [1.29, 1.82) is 0 Å². The number of phosphoric acid groups is 3. The molecular weight excluding hydrogens is 427 g/mol. The zero-order valence-corrected chi connectivity index (χ0v) is 14.2. The zero-order chi connectivity index (χ0) is 20.0. The molecule has 0 aliphatic heterocycles. The van der Waals surface area contributed by atoms with Crippen molar-refractivity contribution < 1.29 is 75.6 Å². The normalized spacial score (nSPS) is 34.1. The molecule has 0 heterocycles. The number of hydrogen-bond donors (Lipinski definition) is 8. The molecule has 14 nitrogen and oxygen atoms in total. The third kappa shape index (κ3) is 6.34. The summed E-state index contributed by atoms with van der Waals surface area (Å²) in [6.07, 6.45) is -15.3. The van der Waals surface area contributed by atoms with Crippen molar-refractivity contribution in [1.82, 2.24) is 0 Å². The minimum atomic E-state index is -5.80. The third-order valence-corrected chi connectivity index (χ3v) is 4.36. The van der Waals surface area contributed by atoms with Gasteiger partial charge in [0.25, 0.3) is 0 Å². The number of hydrogen-bond acceptors (Lipinski definition) is 8. The van der Waals surface area contributed by atoms with Crippen LogP contribution >= 0.6 is 23.5 Å². The lowest BCUT2D eigenvalue weighted by Gasteiger charge is -2.45. The molecule has 1 saturated carbocycles. The molecular formula is C6H13F2O14P3. The second-order valence-electron chi connectivity index (χ2n) is 4.75. The van der Waals surface area contributed by atoms with Crippen molar-refractivity contribution in [3.63, 3.8) is 0 Å². The fourth-order valence-electron chi connectivity index (χ4n) is 1.99. The van der Waals surface area contributed by atoms with Crippen molar-refractivity contribution in [2.75, 3.05) is 0 Å². The van der Waals surface area contributed by atoms with Crippen LogP contribution in [0.25, 0.3) is 0 Å². The Morgan fingerprint density at radius 3 is 1.44 bits per heavy atom. The number of alkyl halides is 2. The second kappa shape index (κ2) is 7.26. The molecule has 19 heteroatoms. The predicted octanol–water partition coefficient (Wildman–Crippen LogP) is -2.21. The van der Waals surface area contributed by atoms with Gasteiger partial charge in [0.1, 0.15) is 24.4 Å². The number of phosphoric ester groups is 3. The van der Waals surface area contributed by atoms with Crippen LogP contribution in [0.5, 0.6) is 0 Å². The second-order valence-corrected chi connectivity index (χ2v) is 8.32. The van der Waals surface area contributed by atoms with E-state index in [1.54, 1.807) is 0 Å². The summed E-state index contributed by atoms with van der Waals surface area (Å²) in [4.78, 5) is 52.2. The smallest absolute Gasteiger partial charge is 0.387 e. The van der Waals surface area contributed by atoms with Crippen molar-refractivity contribution >= 4 is 23.5 Å². The molecule has 5 atom stereocenters. The SMILES string of the molecule is O=P(O)(O)O[C@@H]1[C@H](O)[C@@H](O)C(F)(F)[C@@H](OP(=O)(O)O)[C@@H]1OP(=O)(O)O. The highest BCUT2D eigenvalue weighted by atomic mass is 31.2. The average Bonchev–Trinajstić information content (AvgIpc) is 2.33. The minimum Gasteiger partial charge on any atom is -0.387 e. The number of halogens is 2. The van der Waals surface area contributed by atoms with Crippen LogP contribution in [0.2, 0.25) is 0 Å². The lowest BCUT2D eigenvalue weighted by Crippen LogP contribution is -2.68. The first-order valence-electron chi connectivity index (χ1n) is 5.81. The molecule has 0 aromatic rings. The van der Waals surface area contributed by atoms with Gasteiger partial charge >= 0.3 is 29.4 Å². The monoisotopic (exact) mass is 440 g/mol. The van der Waals surface area contributed by atoms with Crippen molar-refractivity contribution in [3.8, 4) is 0 Å². The number of aliphatic hydroxyl groups is 2. The van der Waals surface area contributed by atoms with Gasteiger partial charge in [-0.05, 0) is 0 Å². The van der Waals surface area contributed by atoms with Gasteiger partial charge in [-0.1, -0.05) is 0 Å². The van der Waals surface area contributed by atoms with Crippen LogP contribution in [-0.2, 0) is 27.3 Å². The molecule has 1 fully saturated rings. The highest BCUT2D eigenvalue weighted by molar-refractivity contribution is 7.47. The minimum absolute atomic E-state index is 2.76. The fourth-order valence-corrected chi connectivity index (χ4v) is 3.66. The van der Waals surface area contributed by atoms with Gasteiger partial charge in [-0.3, -0.25) is 13.6 Å². The van der Waals surface area contributed by atoms with Crippen molar-refractivity contribution in [3.05, 3.63) is 0 Å². The van der Waals surface area contributed by atoms with E-state index < -0.39 is 59.9 Å². The Labute approximate surface area is 136 Å². The molecule has 0 spiro atoms. The van der Waals surface area contributed by atoms with E-state index in [9.17, 15) is 32.7 Å². The Bertz CT molecular complexity index is 622. The van der Waals surface area contributed by atoms with E-state index in [4.69, 9.17) is 29.4 Å². The predicted molar refractivity (Wildman–Crippen MR) is 67.7 cm³/mol. The van der Waals surface area contributed by atoms with Crippen LogP contribution in [0.4, 0.5) is 8.78 Å². The number of aliphatic hydroxyl groups excluding tert-OH is 2. The van der Waals surface area contributed by atoms with E-state index in [0.29, 0.717) is 0 Å². The molecule has 0 aromatic heterocycles. The summed E-state index contributed by atoms with van der Waals surface area (Å²) in [6.45, 7) is 0. The van der Waals surface area contributed by atoms with Crippen LogP contribution in [0.15, 0.2) is 0 Å². The Morgan fingerprint density at radius 2 is 1.08 bits per heavy atom. The van der Waals surface area contributed by atoms with Gasteiger partial charge in [0.2, 0.25) is 0 Å². The summed E-state index contributed by atoms with van der Waals surface area (Å²) in [7, 11) is -17.1. The first kappa shape index (κ1) is 23.1. The molecule has 25 heavy (non-hydrogen) atoms. The summed E-state index contributed by atoms with van der Waals surface area (Å²) in [5, 5.41) is 18.9. The van der Waals surface area contributed by atoms with E-state index in [-0.39, 0.29) is 0 Å². The van der Waals surface area contributed by atoms with Gasteiger partial charge in [-0.2, -0.15) is 0 Å². The van der Waals surface area contributed by atoms with E-state index in [0.717, 1.165) is 0 Å². The van der Waals surface area contributed by atoms with Crippen molar-refractivity contribution in [2.45, 2.75) is 36.4 Å². The Balaban J connectivity index is 3.45. The molecule has 0 amide bonds. The Hall–Kier alpha value is 0.110. The standard InChI is InChI=1S/C6H13F2O14P3/c7-6(8)4(10)1(9)2(20-23(11,12)13)3(21-24(14,15)16)5(6)22-25(17,18)19/h1-5,9-10H,(H2,11,12,13)(H2,14,15,16)(H2,17,18,19)/t1-,2+,3+,4+,5-/m0/s1. The van der Waals surface area contributed by atoms with Gasteiger partial charge in [0.15, 0.2) is 6.10 Å². The molecule has 0 radical (unpaired) electrons. The van der Waals surface area contributed by atoms with Gasteiger partial charge in [0.05, 0.1) is 0 Å². The Morgan fingerprint density at radius 1 is 0.720 bits per heavy atom. The topological polar surface area (TPSA) is 241 Å². The summed E-state index contributed by atoms with van der Waals surface area (Å²) < 4.78 is 72.0. The maximum Gasteiger partial charge on any atom is 0.470 e. The quantitative estimate of drug-likeness (QED) is 0.204. The van der Waals surface area contributed by atoms with Crippen LogP contribution in [-0.4, -0.2) is 76.0 Å². The van der Waals surface area contributed by atoms with Crippen LogP contribution in [0.3, 0.4) is 0 Å². The molecule has 0 saturated heterocycles. The van der Waals surface area contributed by atoms with Crippen molar-refractivity contribution in [2.24, 2.45) is 0 Å². The lowest BCUT2D eigenvalue weighted by molar-refractivity contribution is -0.276. The van der Waals surface area contributed by atoms with Gasteiger partial charge in [0, 0.05) is 0 Å². The van der Waals surface area contributed by atoms with Crippen LogP contribution in [0.1, 0.15) is 0 Å². The molecule has 1 rings (SSSR count). The van der Waals surface area contributed by atoms with E-state index in [1.165, 1.54) is 0 Å². The highest BCUT2D eigenvalue weighted by Crippen LogP contribution is 2.53. The van der Waals surface area contributed by atoms with E-state index in [2.05, 4.69) is 13.6 Å². The summed E-state index contributed by atoms with van der Waals surface area (Å²) >= 11 is 0.